The highest BCUT2D eigenvalue weighted by Crippen LogP contribution is 2.34. The van der Waals surface area contributed by atoms with E-state index >= 15 is 0 Å². The van der Waals surface area contributed by atoms with Crippen LogP contribution in [0.5, 0.6) is 5.88 Å². The summed E-state index contributed by atoms with van der Waals surface area (Å²) in [5, 5.41) is 3.20. The number of nitrogens with one attached hydrogen (secondary N) is 1. The van der Waals surface area contributed by atoms with Gasteiger partial charge in [0.15, 0.2) is 0 Å². The van der Waals surface area contributed by atoms with Gasteiger partial charge in [0, 0.05) is 60.8 Å². The van der Waals surface area contributed by atoms with Crippen LogP contribution in [-0.4, -0.2) is 67.8 Å². The molecular formula is C32H44N4O3. The predicted molar refractivity (Wildman–Crippen MR) is 156 cm³/mol. The normalized spacial score (nSPS) is 23.4. The Morgan fingerprint density at radius 2 is 1.92 bits per heavy atom. The summed E-state index contributed by atoms with van der Waals surface area (Å²) in [7, 11) is 1.65. The highest BCUT2D eigenvalue weighted by Gasteiger charge is 2.31. The third kappa shape index (κ3) is 6.30. The molecule has 1 aliphatic carbocycles. The number of nitrogens with zero attached hydrogens (tertiary/aromatic N) is 3. The van der Waals surface area contributed by atoms with E-state index in [1.807, 2.05) is 19.1 Å². The number of hydrogen-bond donors (Lipinski definition) is 1. The van der Waals surface area contributed by atoms with E-state index in [0.29, 0.717) is 24.5 Å². The molecule has 0 unspecified atom stereocenters. The van der Waals surface area contributed by atoms with E-state index in [-0.39, 0.29) is 5.91 Å². The highest BCUT2D eigenvalue weighted by atomic mass is 16.5. The molecule has 210 valence electrons. The monoisotopic (exact) mass is 532 g/mol. The molecule has 1 aromatic carbocycles. The fourth-order valence-corrected chi connectivity index (χ4v) is 6.71. The average molecular weight is 533 g/mol. The van der Waals surface area contributed by atoms with Gasteiger partial charge in [0.1, 0.15) is 0 Å². The van der Waals surface area contributed by atoms with Gasteiger partial charge >= 0.3 is 0 Å². The summed E-state index contributed by atoms with van der Waals surface area (Å²) >= 11 is 0. The molecule has 3 heterocycles. The minimum absolute atomic E-state index is 0.0403. The molecule has 0 spiro atoms. The number of amides is 1. The van der Waals surface area contributed by atoms with Gasteiger partial charge in [-0.05, 0) is 88.1 Å². The number of aryl methyl sites for hydroxylation is 2. The van der Waals surface area contributed by atoms with Crippen LogP contribution in [0.4, 0.5) is 5.69 Å². The molecule has 1 saturated heterocycles. The number of morpholine rings is 1. The minimum atomic E-state index is -0.0403. The molecule has 5 rings (SSSR count). The first-order chi connectivity index (χ1) is 19.1. The Labute approximate surface area is 233 Å². The van der Waals surface area contributed by atoms with E-state index < -0.39 is 0 Å². The summed E-state index contributed by atoms with van der Waals surface area (Å²) in [4.78, 5) is 23.4. The minimum Gasteiger partial charge on any atom is -0.481 e. The van der Waals surface area contributed by atoms with E-state index in [4.69, 9.17) is 9.47 Å². The first-order valence-corrected chi connectivity index (χ1v) is 14.8. The Morgan fingerprint density at radius 3 is 2.67 bits per heavy atom. The van der Waals surface area contributed by atoms with Crippen LogP contribution < -0.4 is 15.0 Å². The van der Waals surface area contributed by atoms with Crippen molar-refractivity contribution in [2.45, 2.75) is 77.4 Å². The Bertz CT molecular complexity index is 1170. The molecule has 7 nitrogen and oxygen atoms in total. The van der Waals surface area contributed by atoms with Crippen molar-refractivity contribution in [1.82, 2.24) is 15.2 Å². The van der Waals surface area contributed by atoms with Crippen molar-refractivity contribution in [3.05, 3.63) is 64.4 Å². The second-order valence-corrected chi connectivity index (χ2v) is 11.0. The van der Waals surface area contributed by atoms with Gasteiger partial charge in [0.05, 0.1) is 20.3 Å². The number of methoxy groups -OCH3 is 1. The molecule has 1 amide bonds. The summed E-state index contributed by atoms with van der Waals surface area (Å²) in [6, 6.07) is 9.52. The third-order valence-corrected chi connectivity index (χ3v) is 8.71. The molecular weight excluding hydrogens is 488 g/mol. The van der Waals surface area contributed by atoms with Gasteiger partial charge in [-0.1, -0.05) is 18.2 Å². The van der Waals surface area contributed by atoms with Gasteiger partial charge in [-0.3, -0.25) is 9.69 Å². The maximum atomic E-state index is 13.6. The summed E-state index contributed by atoms with van der Waals surface area (Å²) in [5.41, 5.74) is 6.18. The zero-order chi connectivity index (χ0) is 27.2. The maximum Gasteiger partial charge on any atom is 0.251 e. The van der Waals surface area contributed by atoms with Crippen molar-refractivity contribution in [2.24, 2.45) is 0 Å². The van der Waals surface area contributed by atoms with Crippen LogP contribution in [-0.2, 0) is 24.1 Å². The van der Waals surface area contributed by atoms with E-state index in [1.54, 1.807) is 7.11 Å². The summed E-state index contributed by atoms with van der Waals surface area (Å²) in [5.74, 6) is 0.562. The molecule has 7 heteroatoms. The predicted octanol–water partition coefficient (Wildman–Crippen LogP) is 4.84. The Morgan fingerprint density at radius 1 is 1.13 bits per heavy atom. The molecule has 1 N–H and O–H groups in total. The number of benzene rings is 1. The van der Waals surface area contributed by atoms with Crippen LogP contribution in [0.3, 0.4) is 0 Å². The lowest BCUT2D eigenvalue weighted by Crippen LogP contribution is -2.48. The van der Waals surface area contributed by atoms with E-state index in [0.717, 1.165) is 74.5 Å². The molecule has 39 heavy (non-hydrogen) atoms. The van der Waals surface area contributed by atoms with Gasteiger partial charge < -0.3 is 19.7 Å². The number of pyridine rings is 1. The van der Waals surface area contributed by atoms with Crippen molar-refractivity contribution in [1.29, 1.82) is 0 Å². The lowest BCUT2D eigenvalue weighted by atomic mass is 9.88. The number of fused-ring (bicyclic) bond motifs is 2. The summed E-state index contributed by atoms with van der Waals surface area (Å²) in [6.07, 6.45) is 11.9. The van der Waals surface area contributed by atoms with Crippen LogP contribution >= 0.6 is 0 Å². The van der Waals surface area contributed by atoms with Gasteiger partial charge in [-0.25, -0.2) is 4.98 Å². The number of anilines is 1. The van der Waals surface area contributed by atoms with Crippen molar-refractivity contribution in [2.75, 3.05) is 44.9 Å². The molecule has 0 radical (unpaired) electrons. The third-order valence-electron chi connectivity index (χ3n) is 8.71. The van der Waals surface area contributed by atoms with Crippen molar-refractivity contribution < 1.29 is 14.3 Å². The average Bonchev–Trinajstić information content (AvgIpc) is 2.97. The van der Waals surface area contributed by atoms with Crippen LogP contribution in [0, 0.1) is 6.92 Å². The van der Waals surface area contributed by atoms with Gasteiger partial charge in [0.25, 0.3) is 5.91 Å². The number of rotatable bonds is 5. The number of ether oxygens (including phenoxy) is 2. The number of hydrogen-bond acceptors (Lipinski definition) is 6. The zero-order valence-corrected chi connectivity index (χ0v) is 23.9. The largest absolute Gasteiger partial charge is 0.481 e. The molecule has 1 saturated carbocycles. The lowest BCUT2D eigenvalue weighted by Gasteiger charge is -2.43. The Balaban J connectivity index is 1.38. The molecule has 0 bridgehead atoms. The summed E-state index contributed by atoms with van der Waals surface area (Å²) in [6.45, 7) is 9.42. The fourth-order valence-electron chi connectivity index (χ4n) is 6.71. The molecule has 3 aliphatic rings. The smallest absolute Gasteiger partial charge is 0.251 e. The number of carbonyl (C=O) groups excluding carboxylic acids is 1. The highest BCUT2D eigenvalue weighted by molar-refractivity contribution is 5.97. The van der Waals surface area contributed by atoms with E-state index in [9.17, 15) is 4.79 Å². The van der Waals surface area contributed by atoms with Gasteiger partial charge in [-0.15, -0.1) is 0 Å². The molecule has 0 atom stereocenters. The van der Waals surface area contributed by atoms with E-state index in [2.05, 4.69) is 51.3 Å². The standard InChI is InChI=1S/C32H44N4O3/c1-4-36(26-15-13-25(14-16-26)35-17-19-39-20-18-35)30-12-8-11-28-27(30)10-7-5-6-9-24-21-23(2)34-32(38-3)29(24)22-33-31(28)37/h5,7-8,11-12,21,25-26H,4,6,9-10,13-20,22H2,1-3H3,(H,33,37)/b7-5+. The molecule has 2 aromatic rings. The zero-order valence-electron chi connectivity index (χ0n) is 23.9. The number of aromatic nitrogens is 1. The first kappa shape index (κ1) is 27.7. The number of carbonyl (C=O) groups is 1. The second-order valence-electron chi connectivity index (χ2n) is 11.0. The molecule has 2 fully saturated rings. The van der Waals surface area contributed by atoms with Crippen LogP contribution in [0.25, 0.3) is 0 Å². The Hall–Kier alpha value is -2.90. The maximum absolute atomic E-state index is 13.6. The van der Waals surface area contributed by atoms with Crippen LogP contribution in [0.2, 0.25) is 0 Å². The second kappa shape index (κ2) is 13.0. The molecule has 1 aromatic heterocycles. The quantitative estimate of drug-likeness (QED) is 0.556. The van der Waals surface area contributed by atoms with Crippen LogP contribution in [0.15, 0.2) is 36.4 Å². The molecule has 2 aliphatic heterocycles. The van der Waals surface area contributed by atoms with Crippen molar-refractivity contribution in [3.8, 4) is 5.88 Å². The van der Waals surface area contributed by atoms with Gasteiger partial charge in [0.2, 0.25) is 5.88 Å². The van der Waals surface area contributed by atoms with Crippen molar-refractivity contribution >= 4 is 11.6 Å². The van der Waals surface area contributed by atoms with Crippen molar-refractivity contribution in [3.63, 3.8) is 0 Å². The SMILES string of the molecule is CCN(c1cccc2c1C/C=C/CCc1cc(C)nc(OC)c1CNC2=O)C1CCC(N2CCOCC2)CC1. The van der Waals surface area contributed by atoms with Gasteiger partial charge in [-0.2, -0.15) is 0 Å². The topological polar surface area (TPSA) is 66.9 Å². The fraction of sp³-hybridized carbons (Fsp3) is 0.562. The Kier molecular flexibility index (Phi) is 9.20. The number of allylic oxidation sites excluding steroid dienone is 2. The first-order valence-electron chi connectivity index (χ1n) is 14.8. The van der Waals surface area contributed by atoms with Crippen LogP contribution in [0.1, 0.15) is 71.8 Å². The van der Waals surface area contributed by atoms with E-state index in [1.165, 1.54) is 36.9 Å². The summed E-state index contributed by atoms with van der Waals surface area (Å²) < 4.78 is 11.2. The lowest BCUT2D eigenvalue weighted by molar-refractivity contribution is 0.00730.